The average Bonchev–Trinajstić information content (AvgIpc) is 2.84. The Labute approximate surface area is 142 Å². The van der Waals surface area contributed by atoms with E-state index < -0.39 is 17.1 Å². The Bertz CT molecular complexity index is 1050. The van der Waals surface area contributed by atoms with Gasteiger partial charge in [0.05, 0.1) is 6.54 Å². The fourth-order valence-corrected chi connectivity index (χ4v) is 3.05. The normalized spacial score (nSPS) is 11.3. The van der Waals surface area contributed by atoms with E-state index in [0.29, 0.717) is 15.3 Å². The molecule has 0 fully saturated rings. The van der Waals surface area contributed by atoms with Gasteiger partial charge in [0, 0.05) is 19.1 Å². The summed E-state index contributed by atoms with van der Waals surface area (Å²) >= 11 is 9.37. The van der Waals surface area contributed by atoms with Crippen LogP contribution in [0.5, 0.6) is 0 Å². The quantitative estimate of drug-likeness (QED) is 0.617. The highest BCUT2D eigenvalue weighted by molar-refractivity contribution is 9.10. The minimum atomic E-state index is -0.478. The van der Waals surface area contributed by atoms with Crippen LogP contribution in [0.15, 0.2) is 32.5 Å². The second kappa shape index (κ2) is 5.61. The van der Waals surface area contributed by atoms with Gasteiger partial charge in [0.2, 0.25) is 0 Å². The van der Waals surface area contributed by atoms with Crippen molar-refractivity contribution in [3.8, 4) is 0 Å². The Morgan fingerprint density at radius 3 is 2.65 bits per heavy atom. The second-order valence-corrected chi connectivity index (χ2v) is 6.20. The first-order valence-electron chi connectivity index (χ1n) is 6.57. The van der Waals surface area contributed by atoms with Crippen molar-refractivity contribution in [1.29, 1.82) is 0 Å². The van der Waals surface area contributed by atoms with Gasteiger partial charge in [-0.2, -0.15) is 0 Å². The molecule has 0 unspecified atom stereocenters. The van der Waals surface area contributed by atoms with Crippen LogP contribution in [0.25, 0.3) is 11.2 Å². The van der Waals surface area contributed by atoms with Crippen LogP contribution >= 0.6 is 27.5 Å². The van der Waals surface area contributed by atoms with Gasteiger partial charge in [-0.05, 0) is 39.7 Å². The zero-order valence-electron chi connectivity index (χ0n) is 12.2. The van der Waals surface area contributed by atoms with E-state index in [-0.39, 0.29) is 17.7 Å². The molecule has 0 amide bonds. The van der Waals surface area contributed by atoms with E-state index in [1.807, 2.05) is 0 Å². The summed E-state index contributed by atoms with van der Waals surface area (Å²) < 4.78 is 17.6. The molecule has 0 aliphatic rings. The van der Waals surface area contributed by atoms with Crippen LogP contribution in [0.3, 0.4) is 0 Å². The predicted octanol–water partition coefficient (Wildman–Crippen LogP) is 2.04. The van der Waals surface area contributed by atoms with Crippen molar-refractivity contribution in [3.05, 3.63) is 60.2 Å². The number of aryl methyl sites for hydroxylation is 1. The Kier molecular flexibility index (Phi) is 3.89. The van der Waals surface area contributed by atoms with E-state index in [2.05, 4.69) is 20.9 Å². The Morgan fingerprint density at radius 2 is 1.96 bits per heavy atom. The van der Waals surface area contributed by atoms with Crippen molar-refractivity contribution in [2.75, 3.05) is 0 Å². The lowest BCUT2D eigenvalue weighted by molar-refractivity contribution is 0.623. The van der Waals surface area contributed by atoms with E-state index in [0.717, 1.165) is 4.57 Å². The van der Waals surface area contributed by atoms with Crippen LogP contribution in [0.2, 0.25) is 5.02 Å². The summed E-state index contributed by atoms with van der Waals surface area (Å²) in [7, 11) is 2.92. The van der Waals surface area contributed by atoms with Crippen LogP contribution in [0.1, 0.15) is 5.56 Å². The van der Waals surface area contributed by atoms with Crippen molar-refractivity contribution in [1.82, 2.24) is 18.7 Å². The fraction of sp³-hybridized carbons (Fsp3) is 0.214. The Balaban J connectivity index is 2.31. The van der Waals surface area contributed by atoms with E-state index in [9.17, 15) is 14.0 Å². The number of benzene rings is 1. The van der Waals surface area contributed by atoms with E-state index in [4.69, 9.17) is 11.6 Å². The highest BCUT2D eigenvalue weighted by atomic mass is 79.9. The summed E-state index contributed by atoms with van der Waals surface area (Å²) in [6.07, 6.45) is 0. The SMILES string of the molecule is Cn1c(=O)c2c(nc(Br)n2Cc2cc(F)ccc2Cl)n(C)c1=O. The first-order chi connectivity index (χ1) is 10.8. The summed E-state index contributed by atoms with van der Waals surface area (Å²) in [4.78, 5) is 28.6. The molecular formula is C14H11BrClFN4O2. The van der Waals surface area contributed by atoms with Gasteiger partial charge in [-0.15, -0.1) is 0 Å². The van der Waals surface area contributed by atoms with Gasteiger partial charge in [0.1, 0.15) is 5.82 Å². The standard InChI is InChI=1S/C14H11BrClFN4O2/c1-19-11-10(12(22)20(2)14(19)23)21(13(15)18-11)6-7-5-8(17)3-4-9(7)16/h3-5H,6H2,1-2H3. The number of aromatic nitrogens is 4. The number of nitrogens with zero attached hydrogens (tertiary/aromatic N) is 4. The number of rotatable bonds is 2. The first-order valence-corrected chi connectivity index (χ1v) is 7.74. The molecule has 0 atom stereocenters. The van der Waals surface area contributed by atoms with Crippen LogP contribution in [-0.4, -0.2) is 18.7 Å². The lowest BCUT2D eigenvalue weighted by atomic mass is 10.2. The monoisotopic (exact) mass is 400 g/mol. The van der Waals surface area contributed by atoms with Crippen molar-refractivity contribution in [2.45, 2.75) is 6.54 Å². The molecule has 0 aliphatic carbocycles. The van der Waals surface area contributed by atoms with E-state index >= 15 is 0 Å². The van der Waals surface area contributed by atoms with Crippen molar-refractivity contribution >= 4 is 38.7 Å². The molecule has 0 radical (unpaired) electrons. The molecular weight excluding hydrogens is 391 g/mol. The number of hydrogen-bond acceptors (Lipinski definition) is 3. The van der Waals surface area contributed by atoms with Gasteiger partial charge >= 0.3 is 5.69 Å². The van der Waals surface area contributed by atoms with Gasteiger partial charge in [0.15, 0.2) is 15.9 Å². The maximum absolute atomic E-state index is 13.4. The third kappa shape index (κ3) is 2.51. The van der Waals surface area contributed by atoms with Crippen LogP contribution in [0.4, 0.5) is 4.39 Å². The first kappa shape index (κ1) is 15.9. The van der Waals surface area contributed by atoms with Gasteiger partial charge in [-0.1, -0.05) is 11.6 Å². The molecule has 0 saturated heterocycles. The number of hydrogen-bond donors (Lipinski definition) is 0. The third-order valence-electron chi connectivity index (χ3n) is 3.64. The minimum absolute atomic E-state index is 0.140. The zero-order valence-corrected chi connectivity index (χ0v) is 14.5. The van der Waals surface area contributed by atoms with E-state index in [1.165, 1.54) is 36.9 Å². The highest BCUT2D eigenvalue weighted by Gasteiger charge is 2.18. The zero-order chi connectivity index (χ0) is 16.9. The molecule has 0 bridgehead atoms. The molecule has 6 nitrogen and oxygen atoms in total. The summed E-state index contributed by atoms with van der Waals surface area (Å²) in [6.45, 7) is 0.140. The molecule has 1 aromatic carbocycles. The molecule has 120 valence electrons. The average molecular weight is 402 g/mol. The number of fused-ring (bicyclic) bond motifs is 1. The molecule has 0 saturated carbocycles. The lowest BCUT2D eigenvalue weighted by Crippen LogP contribution is -2.37. The molecule has 0 spiro atoms. The van der Waals surface area contributed by atoms with Crippen molar-refractivity contribution in [3.63, 3.8) is 0 Å². The number of imidazole rings is 1. The van der Waals surface area contributed by atoms with Crippen LogP contribution in [0, 0.1) is 5.82 Å². The largest absolute Gasteiger partial charge is 0.332 e. The molecule has 2 heterocycles. The Hall–Kier alpha value is -1.93. The second-order valence-electron chi connectivity index (χ2n) is 5.08. The van der Waals surface area contributed by atoms with Crippen LogP contribution in [-0.2, 0) is 20.6 Å². The lowest BCUT2D eigenvalue weighted by Gasteiger charge is -2.09. The molecule has 0 aliphatic heterocycles. The van der Waals surface area contributed by atoms with Crippen molar-refractivity contribution < 1.29 is 4.39 Å². The van der Waals surface area contributed by atoms with Gasteiger partial charge in [-0.25, -0.2) is 14.2 Å². The maximum Gasteiger partial charge on any atom is 0.332 e. The van der Waals surface area contributed by atoms with Gasteiger partial charge in [-0.3, -0.25) is 13.9 Å². The summed E-state index contributed by atoms with van der Waals surface area (Å²) in [5.74, 6) is -0.426. The summed E-state index contributed by atoms with van der Waals surface area (Å²) in [5.41, 5.74) is 0.0409. The van der Waals surface area contributed by atoms with Gasteiger partial charge in [0.25, 0.3) is 5.56 Å². The van der Waals surface area contributed by atoms with Crippen LogP contribution < -0.4 is 11.2 Å². The topological polar surface area (TPSA) is 61.8 Å². The maximum atomic E-state index is 13.4. The predicted molar refractivity (Wildman–Crippen MR) is 88.4 cm³/mol. The van der Waals surface area contributed by atoms with E-state index in [1.54, 1.807) is 4.57 Å². The smallest absolute Gasteiger partial charge is 0.308 e. The minimum Gasteiger partial charge on any atom is -0.308 e. The summed E-state index contributed by atoms with van der Waals surface area (Å²) in [6, 6.07) is 4.01. The van der Waals surface area contributed by atoms with Crippen molar-refractivity contribution in [2.24, 2.45) is 14.1 Å². The molecule has 3 aromatic rings. The third-order valence-corrected chi connectivity index (χ3v) is 4.61. The molecule has 2 aromatic heterocycles. The highest BCUT2D eigenvalue weighted by Crippen LogP contribution is 2.23. The number of halogens is 3. The Morgan fingerprint density at radius 1 is 1.26 bits per heavy atom. The summed E-state index contributed by atoms with van der Waals surface area (Å²) in [5, 5.41) is 0.377. The molecule has 23 heavy (non-hydrogen) atoms. The fourth-order valence-electron chi connectivity index (χ4n) is 2.40. The van der Waals surface area contributed by atoms with Gasteiger partial charge < -0.3 is 4.57 Å². The molecule has 3 rings (SSSR count). The molecule has 9 heteroatoms. The molecule has 0 N–H and O–H groups in total.